The van der Waals surface area contributed by atoms with Gasteiger partial charge >= 0.3 is 0 Å². The number of hydrogen-bond acceptors (Lipinski definition) is 2. The van der Waals surface area contributed by atoms with Gasteiger partial charge in [0.25, 0.3) is 0 Å². The van der Waals surface area contributed by atoms with Crippen molar-refractivity contribution in [1.29, 1.82) is 0 Å². The summed E-state index contributed by atoms with van der Waals surface area (Å²) in [7, 11) is 0. The van der Waals surface area contributed by atoms with Crippen molar-refractivity contribution in [3.05, 3.63) is 77.4 Å². The van der Waals surface area contributed by atoms with E-state index < -0.39 is 0 Å². The number of rotatable bonds is 4. The summed E-state index contributed by atoms with van der Waals surface area (Å²) < 4.78 is 0. The van der Waals surface area contributed by atoms with E-state index in [2.05, 4.69) is 44.2 Å². The molecule has 0 saturated carbocycles. The summed E-state index contributed by atoms with van der Waals surface area (Å²) in [5, 5.41) is 0. The Morgan fingerprint density at radius 2 is 1.26 bits per heavy atom. The highest BCUT2D eigenvalue weighted by Crippen LogP contribution is 2.42. The average molecular weight is 318 g/mol. The molecule has 0 unspecified atom stereocenters. The van der Waals surface area contributed by atoms with Crippen LogP contribution in [0.25, 0.3) is 27.0 Å². The third-order valence-electron chi connectivity index (χ3n) is 3.61. The van der Waals surface area contributed by atoms with Crippen molar-refractivity contribution >= 4 is 23.7 Å². The predicted octanol–water partition coefficient (Wildman–Crippen LogP) is 6.32. The van der Waals surface area contributed by atoms with Gasteiger partial charge in [0.2, 0.25) is 0 Å². The van der Waals surface area contributed by atoms with E-state index in [1.165, 1.54) is 5.57 Å². The number of carbonyl (C=O) groups excluding carboxylic acids is 1. The lowest BCUT2D eigenvalue weighted by Gasteiger charge is -2.01. The molecule has 0 spiro atoms. The fourth-order valence-electron chi connectivity index (χ4n) is 2.61. The van der Waals surface area contributed by atoms with Crippen LogP contribution in [0, 0.1) is 0 Å². The smallest absolute Gasteiger partial charge is 0.152 e. The van der Waals surface area contributed by atoms with Crippen LogP contribution < -0.4 is 0 Å². The molecule has 2 heteroatoms. The molecule has 0 atom stereocenters. The standard InChI is InChI=1S/C21H18OS/c1-15(2)13-18-19(14-22)21(17-11-7-4-8-12-17)23-20(18)16-9-5-3-6-10-16/h3-14H,1-2H3. The van der Waals surface area contributed by atoms with E-state index in [4.69, 9.17) is 0 Å². The fourth-order valence-corrected chi connectivity index (χ4v) is 3.87. The van der Waals surface area contributed by atoms with Gasteiger partial charge in [-0.05, 0) is 25.0 Å². The molecule has 2 aromatic carbocycles. The van der Waals surface area contributed by atoms with Crippen molar-refractivity contribution < 1.29 is 4.79 Å². The first-order valence-electron chi connectivity index (χ1n) is 7.58. The molecular weight excluding hydrogens is 300 g/mol. The maximum atomic E-state index is 11.8. The normalized spacial score (nSPS) is 10.3. The van der Waals surface area contributed by atoms with Gasteiger partial charge in [-0.15, -0.1) is 11.3 Å². The Kier molecular flexibility index (Phi) is 4.54. The summed E-state index contributed by atoms with van der Waals surface area (Å²) in [5.74, 6) is 0. The van der Waals surface area contributed by atoms with Crippen LogP contribution in [0.1, 0.15) is 29.8 Å². The SMILES string of the molecule is CC(C)=Cc1c(-c2ccccc2)sc(-c2ccccc2)c1C=O. The summed E-state index contributed by atoms with van der Waals surface area (Å²) in [5.41, 5.74) is 5.22. The fraction of sp³-hybridized carbons (Fsp3) is 0.0952. The molecule has 3 aromatic rings. The molecule has 1 aromatic heterocycles. The minimum absolute atomic E-state index is 0.779. The second-order valence-electron chi connectivity index (χ2n) is 5.66. The van der Waals surface area contributed by atoms with E-state index in [1.807, 2.05) is 36.4 Å². The van der Waals surface area contributed by atoms with E-state index in [9.17, 15) is 4.79 Å². The van der Waals surface area contributed by atoms with Gasteiger partial charge < -0.3 is 0 Å². The quantitative estimate of drug-likeness (QED) is 0.515. The van der Waals surface area contributed by atoms with Gasteiger partial charge in [-0.2, -0.15) is 0 Å². The van der Waals surface area contributed by atoms with Crippen LogP contribution in [0.5, 0.6) is 0 Å². The molecule has 0 amide bonds. The van der Waals surface area contributed by atoms with E-state index in [0.29, 0.717) is 0 Å². The monoisotopic (exact) mass is 318 g/mol. The molecule has 1 nitrogen and oxygen atoms in total. The highest BCUT2D eigenvalue weighted by molar-refractivity contribution is 7.19. The lowest BCUT2D eigenvalue weighted by molar-refractivity contribution is 0.112. The Bertz CT molecular complexity index is 838. The molecule has 1 heterocycles. The molecule has 0 radical (unpaired) electrons. The molecule has 0 bridgehead atoms. The van der Waals surface area contributed by atoms with Gasteiger partial charge in [-0.1, -0.05) is 72.3 Å². The first-order valence-corrected chi connectivity index (χ1v) is 8.40. The largest absolute Gasteiger partial charge is 0.298 e. The number of allylic oxidation sites excluding steroid dienone is 1. The minimum atomic E-state index is 0.779. The van der Waals surface area contributed by atoms with Crippen molar-refractivity contribution in [2.45, 2.75) is 13.8 Å². The van der Waals surface area contributed by atoms with Gasteiger partial charge in [-0.25, -0.2) is 0 Å². The first-order chi connectivity index (χ1) is 11.2. The Morgan fingerprint density at radius 1 is 0.783 bits per heavy atom. The molecule has 23 heavy (non-hydrogen) atoms. The van der Waals surface area contributed by atoms with Crippen LogP contribution in [-0.2, 0) is 0 Å². The zero-order chi connectivity index (χ0) is 16.2. The van der Waals surface area contributed by atoms with Crippen molar-refractivity contribution in [2.75, 3.05) is 0 Å². The molecule has 0 N–H and O–H groups in total. The Hall–Kier alpha value is -2.45. The van der Waals surface area contributed by atoms with Crippen LogP contribution >= 0.6 is 11.3 Å². The van der Waals surface area contributed by atoms with Crippen LogP contribution in [0.3, 0.4) is 0 Å². The van der Waals surface area contributed by atoms with E-state index in [-0.39, 0.29) is 0 Å². The van der Waals surface area contributed by atoms with E-state index in [1.54, 1.807) is 11.3 Å². The van der Waals surface area contributed by atoms with Gasteiger partial charge in [0.15, 0.2) is 6.29 Å². The summed E-state index contributed by atoms with van der Waals surface area (Å²) in [4.78, 5) is 14.0. The maximum absolute atomic E-state index is 11.8. The lowest BCUT2D eigenvalue weighted by atomic mass is 10.0. The molecular formula is C21H18OS. The lowest BCUT2D eigenvalue weighted by Crippen LogP contribution is -1.86. The molecule has 0 fully saturated rings. The van der Waals surface area contributed by atoms with Crippen molar-refractivity contribution in [1.82, 2.24) is 0 Å². The van der Waals surface area contributed by atoms with Crippen LogP contribution in [0.2, 0.25) is 0 Å². The van der Waals surface area contributed by atoms with Gasteiger partial charge in [-0.3, -0.25) is 4.79 Å². The molecule has 3 rings (SSSR count). The number of benzene rings is 2. The van der Waals surface area contributed by atoms with Gasteiger partial charge in [0, 0.05) is 20.9 Å². The first kappa shape index (κ1) is 15.4. The number of thiophene rings is 1. The Labute approximate surface area is 140 Å². The van der Waals surface area contributed by atoms with Crippen molar-refractivity contribution in [3.8, 4) is 20.9 Å². The highest BCUT2D eigenvalue weighted by atomic mass is 32.1. The molecule has 0 aliphatic carbocycles. The van der Waals surface area contributed by atoms with Gasteiger partial charge in [0.1, 0.15) is 0 Å². The third kappa shape index (κ3) is 3.17. The summed E-state index contributed by atoms with van der Waals surface area (Å²) in [6.07, 6.45) is 3.09. The van der Waals surface area contributed by atoms with E-state index >= 15 is 0 Å². The summed E-state index contributed by atoms with van der Waals surface area (Å²) in [6, 6.07) is 20.4. The van der Waals surface area contributed by atoms with Crippen LogP contribution in [-0.4, -0.2) is 6.29 Å². The van der Waals surface area contributed by atoms with E-state index in [0.717, 1.165) is 38.3 Å². The average Bonchev–Trinajstić information content (AvgIpc) is 2.94. The molecule has 114 valence electrons. The second kappa shape index (κ2) is 6.76. The Balaban J connectivity index is 2.29. The van der Waals surface area contributed by atoms with Crippen LogP contribution in [0.15, 0.2) is 66.2 Å². The van der Waals surface area contributed by atoms with Crippen LogP contribution in [0.4, 0.5) is 0 Å². The zero-order valence-electron chi connectivity index (χ0n) is 13.2. The maximum Gasteiger partial charge on any atom is 0.152 e. The summed E-state index contributed by atoms with van der Waals surface area (Å²) in [6.45, 7) is 4.12. The molecule has 0 aliphatic heterocycles. The van der Waals surface area contributed by atoms with Crippen molar-refractivity contribution in [3.63, 3.8) is 0 Å². The topological polar surface area (TPSA) is 17.1 Å². The van der Waals surface area contributed by atoms with Gasteiger partial charge in [0.05, 0.1) is 0 Å². The highest BCUT2D eigenvalue weighted by Gasteiger charge is 2.18. The third-order valence-corrected chi connectivity index (χ3v) is 4.93. The number of carbonyl (C=O) groups is 1. The number of hydrogen-bond donors (Lipinski definition) is 0. The predicted molar refractivity (Wildman–Crippen MR) is 99.9 cm³/mol. The molecule has 0 saturated heterocycles. The number of aldehydes is 1. The zero-order valence-corrected chi connectivity index (χ0v) is 14.1. The van der Waals surface area contributed by atoms with Crippen molar-refractivity contribution in [2.24, 2.45) is 0 Å². The second-order valence-corrected chi connectivity index (χ2v) is 6.68. The minimum Gasteiger partial charge on any atom is -0.298 e. The summed E-state index contributed by atoms with van der Waals surface area (Å²) >= 11 is 1.68. The Morgan fingerprint density at radius 3 is 1.70 bits per heavy atom. The molecule has 0 aliphatic rings.